The molecule has 2 fully saturated rings. The zero-order valence-electron chi connectivity index (χ0n) is 9.83. The van der Waals surface area contributed by atoms with Gasteiger partial charge >= 0.3 is 0 Å². The van der Waals surface area contributed by atoms with Gasteiger partial charge in [-0.2, -0.15) is 0 Å². The Morgan fingerprint density at radius 2 is 2.20 bits per heavy atom. The average Bonchev–Trinajstić information content (AvgIpc) is 2.85. The largest absolute Gasteiger partial charge is 0.336 e. The van der Waals surface area contributed by atoms with Gasteiger partial charge in [0.2, 0.25) is 5.91 Å². The first-order valence-electron chi connectivity index (χ1n) is 6.29. The SMILES string of the molecule is CCC1CCC(C)N1C(=O)[C@H]1CCCN1. The van der Waals surface area contributed by atoms with Gasteiger partial charge in [0, 0.05) is 12.1 Å². The van der Waals surface area contributed by atoms with E-state index in [2.05, 4.69) is 24.1 Å². The number of likely N-dealkylation sites (tertiary alicyclic amines) is 1. The Balaban J connectivity index is 2.03. The first-order valence-corrected chi connectivity index (χ1v) is 6.29. The maximum Gasteiger partial charge on any atom is 0.240 e. The Hall–Kier alpha value is -0.570. The van der Waals surface area contributed by atoms with Crippen molar-refractivity contribution in [1.82, 2.24) is 10.2 Å². The molecule has 0 aromatic rings. The molecule has 3 heteroatoms. The predicted molar refractivity (Wildman–Crippen MR) is 60.6 cm³/mol. The van der Waals surface area contributed by atoms with Crippen molar-refractivity contribution in [1.29, 1.82) is 0 Å². The van der Waals surface area contributed by atoms with Crippen molar-refractivity contribution < 1.29 is 4.79 Å². The molecule has 0 saturated carbocycles. The quantitative estimate of drug-likeness (QED) is 0.749. The van der Waals surface area contributed by atoms with Gasteiger partial charge in [-0.3, -0.25) is 4.79 Å². The maximum atomic E-state index is 12.3. The second kappa shape index (κ2) is 4.52. The van der Waals surface area contributed by atoms with Crippen LogP contribution in [0.15, 0.2) is 0 Å². The van der Waals surface area contributed by atoms with E-state index in [1.807, 2.05) is 0 Å². The first kappa shape index (κ1) is 10.9. The van der Waals surface area contributed by atoms with Crippen LogP contribution in [0.25, 0.3) is 0 Å². The fraction of sp³-hybridized carbons (Fsp3) is 0.917. The fourth-order valence-electron chi connectivity index (χ4n) is 2.94. The predicted octanol–water partition coefficient (Wildman–Crippen LogP) is 1.53. The van der Waals surface area contributed by atoms with E-state index in [1.54, 1.807) is 0 Å². The van der Waals surface area contributed by atoms with Crippen LogP contribution in [-0.2, 0) is 4.79 Å². The summed E-state index contributed by atoms with van der Waals surface area (Å²) in [6.07, 6.45) is 5.64. The van der Waals surface area contributed by atoms with E-state index in [-0.39, 0.29) is 6.04 Å². The summed E-state index contributed by atoms with van der Waals surface area (Å²) in [5.41, 5.74) is 0. The molecule has 0 bridgehead atoms. The van der Waals surface area contributed by atoms with Crippen molar-refractivity contribution in [2.24, 2.45) is 0 Å². The molecule has 2 heterocycles. The van der Waals surface area contributed by atoms with E-state index >= 15 is 0 Å². The van der Waals surface area contributed by atoms with E-state index in [9.17, 15) is 4.79 Å². The molecule has 0 spiro atoms. The van der Waals surface area contributed by atoms with Crippen molar-refractivity contribution in [3.05, 3.63) is 0 Å². The van der Waals surface area contributed by atoms with E-state index < -0.39 is 0 Å². The van der Waals surface area contributed by atoms with Crippen LogP contribution in [0.5, 0.6) is 0 Å². The van der Waals surface area contributed by atoms with Gasteiger partial charge in [0.15, 0.2) is 0 Å². The summed E-state index contributed by atoms with van der Waals surface area (Å²) < 4.78 is 0. The molecule has 0 aliphatic carbocycles. The maximum absolute atomic E-state index is 12.3. The van der Waals surface area contributed by atoms with Gasteiger partial charge in [0.05, 0.1) is 6.04 Å². The van der Waals surface area contributed by atoms with Crippen LogP contribution in [0.3, 0.4) is 0 Å². The lowest BCUT2D eigenvalue weighted by Gasteiger charge is -2.30. The van der Waals surface area contributed by atoms with Crippen molar-refractivity contribution in [3.8, 4) is 0 Å². The molecule has 0 aromatic carbocycles. The molecule has 3 atom stereocenters. The van der Waals surface area contributed by atoms with Crippen molar-refractivity contribution in [3.63, 3.8) is 0 Å². The second-order valence-electron chi connectivity index (χ2n) is 4.88. The highest BCUT2D eigenvalue weighted by Crippen LogP contribution is 2.27. The van der Waals surface area contributed by atoms with Gasteiger partial charge in [-0.15, -0.1) is 0 Å². The van der Waals surface area contributed by atoms with Crippen LogP contribution in [0.2, 0.25) is 0 Å². The Morgan fingerprint density at radius 1 is 1.40 bits per heavy atom. The standard InChI is InChI=1S/C12H22N2O/c1-3-10-7-6-9(2)14(10)12(15)11-5-4-8-13-11/h9-11,13H,3-8H2,1-2H3/t9?,10?,11-/m1/s1. The van der Waals surface area contributed by atoms with Crippen molar-refractivity contribution in [2.45, 2.75) is 64.1 Å². The minimum absolute atomic E-state index is 0.111. The van der Waals surface area contributed by atoms with Crippen molar-refractivity contribution in [2.75, 3.05) is 6.54 Å². The number of hydrogen-bond acceptors (Lipinski definition) is 2. The molecular weight excluding hydrogens is 188 g/mol. The topological polar surface area (TPSA) is 32.3 Å². The molecule has 2 saturated heterocycles. The monoisotopic (exact) mass is 210 g/mol. The van der Waals surface area contributed by atoms with Crippen LogP contribution in [-0.4, -0.2) is 35.5 Å². The molecular formula is C12H22N2O. The molecule has 2 unspecified atom stereocenters. The number of carbonyl (C=O) groups is 1. The minimum atomic E-state index is 0.111. The highest BCUT2D eigenvalue weighted by atomic mass is 16.2. The van der Waals surface area contributed by atoms with Gasteiger partial charge in [0.1, 0.15) is 0 Å². The molecule has 0 aromatic heterocycles. The molecule has 1 amide bonds. The number of rotatable bonds is 2. The summed E-state index contributed by atoms with van der Waals surface area (Å²) in [6.45, 7) is 5.38. The van der Waals surface area contributed by atoms with Gasteiger partial charge in [0.25, 0.3) is 0 Å². The summed E-state index contributed by atoms with van der Waals surface area (Å²) in [5.74, 6) is 0.351. The van der Waals surface area contributed by atoms with Crippen LogP contribution in [0.4, 0.5) is 0 Å². The molecule has 2 aliphatic rings. The molecule has 1 N–H and O–H groups in total. The zero-order valence-corrected chi connectivity index (χ0v) is 9.83. The molecule has 3 nitrogen and oxygen atoms in total. The summed E-state index contributed by atoms with van der Waals surface area (Å²) in [6, 6.07) is 1.05. The highest BCUT2D eigenvalue weighted by molar-refractivity contribution is 5.83. The third-order valence-corrected chi connectivity index (χ3v) is 3.87. The fourth-order valence-corrected chi connectivity index (χ4v) is 2.94. The summed E-state index contributed by atoms with van der Waals surface area (Å²) in [4.78, 5) is 14.4. The van der Waals surface area contributed by atoms with Gasteiger partial charge < -0.3 is 10.2 Å². The normalized spacial score (nSPS) is 36.1. The summed E-state index contributed by atoms with van der Waals surface area (Å²) >= 11 is 0. The summed E-state index contributed by atoms with van der Waals surface area (Å²) in [7, 11) is 0. The molecule has 86 valence electrons. The number of nitrogens with one attached hydrogen (secondary N) is 1. The van der Waals surface area contributed by atoms with Crippen LogP contribution >= 0.6 is 0 Å². The smallest absolute Gasteiger partial charge is 0.240 e. The van der Waals surface area contributed by atoms with Crippen LogP contribution in [0, 0.1) is 0 Å². The minimum Gasteiger partial charge on any atom is -0.336 e. The van der Waals surface area contributed by atoms with Crippen LogP contribution in [0.1, 0.15) is 46.0 Å². The van der Waals surface area contributed by atoms with E-state index in [4.69, 9.17) is 0 Å². The Bertz CT molecular complexity index is 236. The summed E-state index contributed by atoms with van der Waals surface area (Å²) in [5, 5.41) is 3.31. The Morgan fingerprint density at radius 3 is 2.80 bits per heavy atom. The lowest BCUT2D eigenvalue weighted by atomic mass is 10.1. The second-order valence-corrected chi connectivity index (χ2v) is 4.88. The van der Waals surface area contributed by atoms with Crippen LogP contribution < -0.4 is 5.32 Å². The number of amides is 1. The zero-order chi connectivity index (χ0) is 10.8. The van der Waals surface area contributed by atoms with E-state index in [0.717, 1.165) is 25.8 Å². The van der Waals surface area contributed by atoms with Gasteiger partial charge in [-0.05, 0) is 45.6 Å². The Labute approximate surface area is 92.2 Å². The van der Waals surface area contributed by atoms with Gasteiger partial charge in [-0.25, -0.2) is 0 Å². The highest BCUT2D eigenvalue weighted by Gasteiger charge is 2.37. The average molecular weight is 210 g/mol. The molecule has 15 heavy (non-hydrogen) atoms. The number of carbonyl (C=O) groups excluding carboxylic acids is 1. The Kier molecular flexibility index (Phi) is 3.29. The first-order chi connectivity index (χ1) is 7.24. The molecule has 0 radical (unpaired) electrons. The lowest BCUT2D eigenvalue weighted by Crippen LogP contribution is -2.48. The third-order valence-electron chi connectivity index (χ3n) is 3.87. The van der Waals surface area contributed by atoms with E-state index in [1.165, 1.54) is 12.8 Å². The number of hydrogen-bond donors (Lipinski definition) is 1. The van der Waals surface area contributed by atoms with E-state index in [0.29, 0.717) is 18.0 Å². The van der Waals surface area contributed by atoms with Crippen molar-refractivity contribution >= 4 is 5.91 Å². The third kappa shape index (κ3) is 2.03. The molecule has 2 rings (SSSR count). The van der Waals surface area contributed by atoms with Gasteiger partial charge in [-0.1, -0.05) is 6.92 Å². The molecule has 2 aliphatic heterocycles. The number of nitrogens with zero attached hydrogens (tertiary/aromatic N) is 1. The lowest BCUT2D eigenvalue weighted by molar-refractivity contribution is -0.135.